The zero-order chi connectivity index (χ0) is 11.4. The minimum Gasteiger partial charge on any atom is -0.354 e. The lowest BCUT2D eigenvalue weighted by Crippen LogP contribution is -2.02. The Morgan fingerprint density at radius 2 is 2.38 bits per heavy atom. The van der Waals surface area contributed by atoms with Gasteiger partial charge in [0.05, 0.1) is 4.47 Å². The second-order valence-electron chi connectivity index (χ2n) is 2.69. The van der Waals surface area contributed by atoms with E-state index in [0.717, 1.165) is 20.4 Å². The van der Waals surface area contributed by atoms with Crippen molar-refractivity contribution in [2.45, 2.75) is 16.3 Å². The van der Waals surface area contributed by atoms with Crippen molar-refractivity contribution in [1.29, 1.82) is 0 Å². The molecular weight excluding hydrogens is 310 g/mol. The predicted molar refractivity (Wildman–Crippen MR) is 67.9 cm³/mol. The van der Waals surface area contributed by atoms with Crippen LogP contribution in [0.4, 0.5) is 5.95 Å². The Labute approximate surface area is 109 Å². The van der Waals surface area contributed by atoms with Crippen molar-refractivity contribution in [3.8, 4) is 0 Å². The molecule has 8 heteroatoms. The first-order valence-electron chi connectivity index (χ1n) is 4.50. The van der Waals surface area contributed by atoms with Gasteiger partial charge in [-0.25, -0.2) is 15.0 Å². The summed E-state index contributed by atoms with van der Waals surface area (Å²) in [4.78, 5) is 12.6. The number of aromatic nitrogens is 4. The molecule has 0 unspecified atom stereocenters. The summed E-state index contributed by atoms with van der Waals surface area (Å²) in [5, 5.41) is 3.90. The van der Waals surface area contributed by atoms with Crippen molar-refractivity contribution in [2.24, 2.45) is 0 Å². The van der Waals surface area contributed by atoms with Crippen LogP contribution in [0.1, 0.15) is 6.92 Å². The van der Waals surface area contributed by atoms with Crippen LogP contribution in [0, 0.1) is 0 Å². The Morgan fingerprint density at radius 1 is 1.50 bits per heavy atom. The Bertz CT molecular complexity index is 461. The highest BCUT2D eigenvalue weighted by Gasteiger charge is 2.08. The molecule has 2 heterocycles. The van der Waals surface area contributed by atoms with Crippen molar-refractivity contribution >= 4 is 45.2 Å². The number of hydrogen-bond acceptors (Lipinski definition) is 7. The summed E-state index contributed by atoms with van der Waals surface area (Å²) >= 11 is 6.22. The molecule has 1 N–H and O–H groups in total. The van der Waals surface area contributed by atoms with Crippen LogP contribution in [0.15, 0.2) is 26.4 Å². The molecule has 0 spiro atoms. The predicted octanol–water partition coefficient (Wildman–Crippen LogP) is 2.67. The van der Waals surface area contributed by atoms with Gasteiger partial charge in [-0.2, -0.15) is 4.37 Å². The SMILES string of the molecule is CCNc1ncc(Br)c(Sc2ncns2)n1. The lowest BCUT2D eigenvalue weighted by Gasteiger charge is -2.04. The molecule has 0 aromatic carbocycles. The van der Waals surface area contributed by atoms with Crippen LogP contribution in [0.5, 0.6) is 0 Å². The second-order valence-corrected chi connectivity index (χ2v) is 5.56. The second kappa shape index (κ2) is 5.55. The molecule has 0 aliphatic carbocycles. The van der Waals surface area contributed by atoms with E-state index >= 15 is 0 Å². The van der Waals surface area contributed by atoms with E-state index in [1.165, 1.54) is 29.6 Å². The molecule has 0 bridgehead atoms. The summed E-state index contributed by atoms with van der Waals surface area (Å²) in [6, 6.07) is 0. The number of hydrogen-bond donors (Lipinski definition) is 1. The summed E-state index contributed by atoms with van der Waals surface area (Å²) in [6.07, 6.45) is 3.27. The number of halogens is 1. The molecule has 0 atom stereocenters. The Morgan fingerprint density at radius 3 is 3.06 bits per heavy atom. The maximum atomic E-state index is 4.37. The van der Waals surface area contributed by atoms with Crippen molar-refractivity contribution in [3.63, 3.8) is 0 Å². The fourth-order valence-corrected chi connectivity index (χ4v) is 2.73. The first-order chi connectivity index (χ1) is 7.79. The van der Waals surface area contributed by atoms with Gasteiger partial charge in [-0.05, 0) is 46.1 Å². The first-order valence-corrected chi connectivity index (χ1v) is 6.89. The number of nitrogens with zero attached hydrogens (tertiary/aromatic N) is 4. The number of anilines is 1. The van der Waals surface area contributed by atoms with Crippen LogP contribution in [0.3, 0.4) is 0 Å². The minimum absolute atomic E-state index is 0.623. The standard InChI is InChI=1S/C8H8BrN5S2/c1-2-10-7-11-3-5(9)6(14-7)15-8-12-4-13-16-8/h3-4H,2H2,1H3,(H,10,11,14). The molecule has 0 aliphatic rings. The van der Waals surface area contributed by atoms with E-state index in [2.05, 4.69) is 40.6 Å². The number of nitrogens with one attached hydrogen (secondary N) is 1. The van der Waals surface area contributed by atoms with E-state index in [0.29, 0.717) is 5.95 Å². The molecule has 2 aromatic rings. The summed E-state index contributed by atoms with van der Waals surface area (Å²) in [6.45, 7) is 2.80. The monoisotopic (exact) mass is 317 g/mol. The Kier molecular flexibility index (Phi) is 4.08. The van der Waals surface area contributed by atoms with Crippen molar-refractivity contribution in [2.75, 3.05) is 11.9 Å². The lowest BCUT2D eigenvalue weighted by atomic mass is 10.6. The fourth-order valence-electron chi connectivity index (χ4n) is 0.957. The molecule has 2 rings (SSSR count). The summed E-state index contributed by atoms with van der Waals surface area (Å²) < 4.78 is 5.66. The van der Waals surface area contributed by atoms with Gasteiger partial charge in [0.25, 0.3) is 0 Å². The highest BCUT2D eigenvalue weighted by Crippen LogP contribution is 2.32. The topological polar surface area (TPSA) is 63.6 Å². The van der Waals surface area contributed by atoms with Crippen LogP contribution in [0.2, 0.25) is 0 Å². The van der Waals surface area contributed by atoms with Crippen LogP contribution < -0.4 is 5.32 Å². The summed E-state index contributed by atoms with van der Waals surface area (Å²) in [7, 11) is 0. The smallest absolute Gasteiger partial charge is 0.223 e. The van der Waals surface area contributed by atoms with Gasteiger partial charge < -0.3 is 5.32 Å². The van der Waals surface area contributed by atoms with Gasteiger partial charge in [0.15, 0.2) is 4.34 Å². The highest BCUT2D eigenvalue weighted by molar-refractivity contribution is 9.10. The normalized spacial score (nSPS) is 10.4. The molecule has 0 saturated carbocycles. The average molecular weight is 318 g/mol. The zero-order valence-corrected chi connectivity index (χ0v) is 11.6. The van der Waals surface area contributed by atoms with Gasteiger partial charge in [-0.15, -0.1) is 0 Å². The van der Waals surface area contributed by atoms with Gasteiger partial charge in [0.2, 0.25) is 5.95 Å². The first kappa shape index (κ1) is 11.7. The lowest BCUT2D eigenvalue weighted by molar-refractivity contribution is 0.998. The van der Waals surface area contributed by atoms with Gasteiger partial charge in [-0.1, -0.05) is 0 Å². The van der Waals surface area contributed by atoms with Crippen LogP contribution in [-0.2, 0) is 0 Å². The summed E-state index contributed by atoms with van der Waals surface area (Å²) in [5.74, 6) is 0.623. The minimum atomic E-state index is 0.623. The van der Waals surface area contributed by atoms with Crippen molar-refractivity contribution < 1.29 is 0 Å². The van der Waals surface area contributed by atoms with Crippen LogP contribution in [0.25, 0.3) is 0 Å². The maximum Gasteiger partial charge on any atom is 0.223 e. The average Bonchev–Trinajstić information content (AvgIpc) is 2.76. The third-order valence-corrected chi connectivity index (χ3v) is 4.13. The quantitative estimate of drug-likeness (QED) is 0.875. The Hall–Kier alpha value is -0.730. The van der Waals surface area contributed by atoms with Crippen molar-refractivity contribution in [3.05, 3.63) is 17.0 Å². The van der Waals surface area contributed by atoms with Gasteiger partial charge in [0.1, 0.15) is 11.4 Å². The molecule has 16 heavy (non-hydrogen) atoms. The van der Waals surface area contributed by atoms with Gasteiger partial charge >= 0.3 is 0 Å². The summed E-state index contributed by atoms with van der Waals surface area (Å²) in [5.41, 5.74) is 0. The molecule has 0 radical (unpaired) electrons. The molecule has 0 fully saturated rings. The van der Waals surface area contributed by atoms with Gasteiger partial charge in [-0.3, -0.25) is 0 Å². The molecule has 84 valence electrons. The largest absolute Gasteiger partial charge is 0.354 e. The van der Waals surface area contributed by atoms with Crippen LogP contribution >= 0.6 is 39.2 Å². The third-order valence-electron chi connectivity index (χ3n) is 1.57. The van der Waals surface area contributed by atoms with E-state index in [1.807, 2.05) is 6.92 Å². The molecule has 0 amide bonds. The third kappa shape index (κ3) is 2.89. The zero-order valence-electron chi connectivity index (χ0n) is 8.35. The molecular formula is C8H8BrN5S2. The maximum absolute atomic E-state index is 4.37. The van der Waals surface area contributed by atoms with E-state index in [-0.39, 0.29) is 0 Å². The molecule has 2 aromatic heterocycles. The number of rotatable bonds is 4. The highest BCUT2D eigenvalue weighted by atomic mass is 79.9. The van der Waals surface area contributed by atoms with Crippen molar-refractivity contribution in [1.82, 2.24) is 19.3 Å². The van der Waals surface area contributed by atoms with E-state index in [9.17, 15) is 0 Å². The molecule has 0 saturated heterocycles. The fraction of sp³-hybridized carbons (Fsp3) is 0.250. The van der Waals surface area contributed by atoms with E-state index < -0.39 is 0 Å². The van der Waals surface area contributed by atoms with E-state index in [4.69, 9.17) is 0 Å². The Balaban J connectivity index is 2.21. The van der Waals surface area contributed by atoms with E-state index in [1.54, 1.807) is 6.20 Å². The molecule has 0 aliphatic heterocycles. The van der Waals surface area contributed by atoms with Gasteiger partial charge in [0, 0.05) is 12.7 Å². The van der Waals surface area contributed by atoms with Crippen LogP contribution in [-0.4, -0.2) is 25.9 Å². The molecule has 5 nitrogen and oxygen atoms in total.